The molecule has 2 heterocycles. The lowest BCUT2D eigenvalue weighted by Crippen LogP contribution is -2.39. The van der Waals surface area contributed by atoms with E-state index in [1.54, 1.807) is 6.07 Å². The Balaban J connectivity index is 1.49. The minimum absolute atomic E-state index is 0.110. The lowest BCUT2D eigenvalue weighted by Gasteiger charge is -2.27. The molecule has 2 aromatic carbocycles. The Bertz CT molecular complexity index is 1270. The molecular formula is C23H23N3O3S. The molecular weight excluding hydrogens is 398 g/mol. The fourth-order valence-electron chi connectivity index (χ4n) is 4.37. The van der Waals surface area contributed by atoms with E-state index in [2.05, 4.69) is 9.97 Å². The zero-order valence-corrected chi connectivity index (χ0v) is 17.4. The molecule has 0 bridgehead atoms. The van der Waals surface area contributed by atoms with Crippen LogP contribution in [0.25, 0.3) is 11.4 Å². The second-order valence-corrected chi connectivity index (χ2v) is 9.87. The van der Waals surface area contributed by atoms with E-state index in [1.807, 2.05) is 42.5 Å². The number of benzene rings is 2. The third-order valence-electron chi connectivity index (χ3n) is 6.04. The van der Waals surface area contributed by atoms with Gasteiger partial charge in [0.1, 0.15) is 5.82 Å². The second kappa shape index (κ2) is 7.49. The van der Waals surface area contributed by atoms with Crippen molar-refractivity contribution in [2.45, 2.75) is 43.5 Å². The zero-order chi connectivity index (χ0) is 20.7. The summed E-state index contributed by atoms with van der Waals surface area (Å²) in [7, 11) is -3.65. The van der Waals surface area contributed by atoms with Crippen molar-refractivity contribution < 1.29 is 8.42 Å². The summed E-state index contributed by atoms with van der Waals surface area (Å²) in [6.07, 6.45) is 4.56. The summed E-state index contributed by atoms with van der Waals surface area (Å²) in [4.78, 5) is 20.4. The first-order chi connectivity index (χ1) is 14.5. The maximum absolute atomic E-state index is 13.3. The summed E-state index contributed by atoms with van der Waals surface area (Å²) in [5.74, 6) is 0.465. The molecule has 30 heavy (non-hydrogen) atoms. The van der Waals surface area contributed by atoms with Crippen molar-refractivity contribution in [3.63, 3.8) is 0 Å². The number of rotatable bonds is 3. The van der Waals surface area contributed by atoms with Gasteiger partial charge in [0, 0.05) is 17.7 Å². The molecule has 0 saturated heterocycles. The second-order valence-electron chi connectivity index (χ2n) is 7.93. The smallest absolute Gasteiger partial charge is 0.254 e. The molecule has 1 aliphatic carbocycles. The van der Waals surface area contributed by atoms with E-state index in [0.29, 0.717) is 28.4 Å². The number of aromatic amines is 1. The summed E-state index contributed by atoms with van der Waals surface area (Å²) >= 11 is 0. The van der Waals surface area contributed by atoms with Gasteiger partial charge in [-0.15, -0.1) is 0 Å². The van der Waals surface area contributed by atoms with Gasteiger partial charge in [0.25, 0.3) is 5.56 Å². The molecule has 5 rings (SSSR count). The van der Waals surface area contributed by atoms with Crippen LogP contribution in [0.5, 0.6) is 0 Å². The van der Waals surface area contributed by atoms with Gasteiger partial charge >= 0.3 is 0 Å². The van der Waals surface area contributed by atoms with Gasteiger partial charge in [0.15, 0.2) is 0 Å². The normalized spacial score (nSPS) is 16.7. The van der Waals surface area contributed by atoms with E-state index in [9.17, 15) is 13.2 Å². The van der Waals surface area contributed by atoms with E-state index >= 15 is 0 Å². The van der Waals surface area contributed by atoms with Crippen molar-refractivity contribution in [2.75, 3.05) is 6.54 Å². The Morgan fingerprint density at radius 1 is 0.933 bits per heavy atom. The maximum Gasteiger partial charge on any atom is 0.254 e. The summed E-state index contributed by atoms with van der Waals surface area (Å²) in [6, 6.07) is 14.9. The van der Waals surface area contributed by atoms with E-state index in [-0.39, 0.29) is 18.6 Å². The van der Waals surface area contributed by atoms with Crippen LogP contribution in [0.2, 0.25) is 0 Å². The average molecular weight is 422 g/mol. The van der Waals surface area contributed by atoms with Crippen molar-refractivity contribution in [3.8, 4) is 11.4 Å². The first-order valence-corrected chi connectivity index (χ1v) is 11.8. The highest BCUT2D eigenvalue weighted by Crippen LogP contribution is 2.28. The van der Waals surface area contributed by atoms with E-state index in [0.717, 1.165) is 36.8 Å². The molecule has 0 radical (unpaired) electrons. The molecule has 2 aliphatic rings. The number of sulfonamides is 1. The number of hydrogen-bond donors (Lipinski definition) is 1. The Morgan fingerprint density at radius 2 is 1.70 bits per heavy atom. The number of nitrogens with one attached hydrogen (secondary N) is 1. The molecule has 154 valence electrons. The molecule has 0 spiro atoms. The summed E-state index contributed by atoms with van der Waals surface area (Å²) < 4.78 is 28.1. The fraction of sp³-hybridized carbons (Fsp3) is 0.304. The van der Waals surface area contributed by atoms with Gasteiger partial charge in [-0.3, -0.25) is 4.79 Å². The SMILES string of the molecule is O=c1[nH]c(-c2ccccc2)nc2c1CCN(S(=O)(=O)c1ccc3c(c1)CCCC3)C2. The Labute approximate surface area is 175 Å². The van der Waals surface area contributed by atoms with Crippen molar-refractivity contribution in [1.29, 1.82) is 0 Å². The number of H-pyrrole nitrogens is 1. The van der Waals surface area contributed by atoms with Crippen LogP contribution in [0.15, 0.2) is 58.2 Å². The third kappa shape index (κ3) is 3.38. The molecule has 1 aliphatic heterocycles. The van der Waals surface area contributed by atoms with Crippen LogP contribution in [0, 0.1) is 0 Å². The van der Waals surface area contributed by atoms with Crippen molar-refractivity contribution in [1.82, 2.24) is 14.3 Å². The molecule has 0 saturated carbocycles. The van der Waals surface area contributed by atoms with Crippen LogP contribution in [0.3, 0.4) is 0 Å². The Morgan fingerprint density at radius 3 is 2.50 bits per heavy atom. The minimum Gasteiger partial charge on any atom is -0.306 e. The monoisotopic (exact) mass is 421 g/mol. The lowest BCUT2D eigenvalue weighted by atomic mass is 9.92. The quantitative estimate of drug-likeness (QED) is 0.705. The topological polar surface area (TPSA) is 83.1 Å². The van der Waals surface area contributed by atoms with Crippen LogP contribution in [0.1, 0.15) is 35.2 Å². The Kier molecular flexibility index (Phi) is 4.79. The molecule has 0 amide bonds. The predicted octanol–water partition coefficient (Wildman–Crippen LogP) is 3.06. The van der Waals surface area contributed by atoms with Crippen LogP contribution in [-0.2, 0) is 35.8 Å². The van der Waals surface area contributed by atoms with E-state index in [1.165, 1.54) is 9.87 Å². The highest BCUT2D eigenvalue weighted by molar-refractivity contribution is 7.89. The van der Waals surface area contributed by atoms with Gasteiger partial charge in [-0.2, -0.15) is 4.31 Å². The number of nitrogens with zero attached hydrogens (tertiary/aromatic N) is 2. The van der Waals surface area contributed by atoms with Crippen LogP contribution >= 0.6 is 0 Å². The summed E-state index contributed by atoms with van der Waals surface area (Å²) in [6.45, 7) is 0.389. The maximum atomic E-state index is 13.3. The number of aromatic nitrogens is 2. The standard InChI is InChI=1S/C23H23N3O3S/c27-23-20-12-13-26(15-21(20)24-22(25-23)17-7-2-1-3-8-17)30(28,29)19-11-10-16-6-4-5-9-18(16)14-19/h1-3,7-8,10-11,14H,4-6,9,12-13,15H2,(H,24,25,27). The fourth-order valence-corrected chi connectivity index (χ4v) is 5.83. The van der Waals surface area contributed by atoms with Crippen molar-refractivity contribution in [3.05, 3.63) is 81.3 Å². The van der Waals surface area contributed by atoms with Crippen molar-refractivity contribution in [2.24, 2.45) is 0 Å². The third-order valence-corrected chi connectivity index (χ3v) is 7.88. The molecule has 1 N–H and O–H groups in total. The van der Waals surface area contributed by atoms with Gasteiger partial charge in [-0.1, -0.05) is 36.4 Å². The van der Waals surface area contributed by atoms with Crippen molar-refractivity contribution >= 4 is 10.0 Å². The van der Waals surface area contributed by atoms with Gasteiger partial charge in [0.05, 0.1) is 17.1 Å². The number of hydrogen-bond acceptors (Lipinski definition) is 4. The molecule has 7 heteroatoms. The molecule has 6 nitrogen and oxygen atoms in total. The van der Waals surface area contributed by atoms with Crippen LogP contribution in [0.4, 0.5) is 0 Å². The molecule has 3 aromatic rings. The first-order valence-electron chi connectivity index (χ1n) is 10.3. The molecule has 0 atom stereocenters. The molecule has 0 fully saturated rings. The van der Waals surface area contributed by atoms with Crippen LogP contribution in [-0.4, -0.2) is 29.2 Å². The molecule has 0 unspecified atom stereocenters. The van der Waals surface area contributed by atoms with Crippen LogP contribution < -0.4 is 5.56 Å². The van der Waals surface area contributed by atoms with Gasteiger partial charge in [-0.25, -0.2) is 13.4 Å². The number of fused-ring (bicyclic) bond motifs is 2. The van der Waals surface area contributed by atoms with E-state index < -0.39 is 10.0 Å². The number of aryl methyl sites for hydroxylation is 2. The van der Waals surface area contributed by atoms with E-state index in [4.69, 9.17) is 0 Å². The summed E-state index contributed by atoms with van der Waals surface area (Å²) in [5, 5.41) is 0. The van der Waals surface area contributed by atoms with Gasteiger partial charge in [0.2, 0.25) is 10.0 Å². The average Bonchev–Trinajstić information content (AvgIpc) is 2.79. The first kappa shape index (κ1) is 19.2. The molecule has 1 aromatic heterocycles. The largest absolute Gasteiger partial charge is 0.306 e. The highest BCUT2D eigenvalue weighted by atomic mass is 32.2. The lowest BCUT2D eigenvalue weighted by molar-refractivity contribution is 0.383. The van der Waals surface area contributed by atoms with Gasteiger partial charge < -0.3 is 4.98 Å². The predicted molar refractivity (Wildman–Crippen MR) is 115 cm³/mol. The highest BCUT2D eigenvalue weighted by Gasteiger charge is 2.31. The minimum atomic E-state index is -3.65. The van der Waals surface area contributed by atoms with Gasteiger partial charge in [-0.05, 0) is 55.4 Å². The Hall–Kier alpha value is -2.77. The zero-order valence-electron chi connectivity index (χ0n) is 16.6. The summed E-state index contributed by atoms with van der Waals surface area (Å²) in [5.41, 5.74) is 4.11.